The van der Waals surface area contributed by atoms with Gasteiger partial charge in [-0.05, 0) is 72.8 Å². The molecule has 4 rings (SSSR count). The zero-order chi connectivity index (χ0) is 22.7. The zero-order valence-electron chi connectivity index (χ0n) is 20.1. The molecule has 3 aromatic carbocycles. The Morgan fingerprint density at radius 3 is 2.09 bits per heavy atom. The van der Waals surface area contributed by atoms with Gasteiger partial charge in [0.15, 0.2) is 11.5 Å². The van der Waals surface area contributed by atoms with E-state index in [9.17, 15) is 0 Å². The van der Waals surface area contributed by atoms with Crippen LogP contribution in [0.1, 0.15) is 43.0 Å². The fourth-order valence-electron chi connectivity index (χ4n) is 5.26. The molecule has 0 aliphatic carbocycles. The third-order valence-electron chi connectivity index (χ3n) is 7.18. The lowest BCUT2D eigenvalue weighted by Gasteiger charge is -2.40. The summed E-state index contributed by atoms with van der Waals surface area (Å²) in [5.74, 6) is 1.65. The van der Waals surface area contributed by atoms with Crippen molar-refractivity contribution in [3.8, 4) is 11.5 Å². The van der Waals surface area contributed by atoms with E-state index in [1.165, 1.54) is 27.5 Å². The van der Waals surface area contributed by atoms with E-state index in [2.05, 4.69) is 85.3 Å². The molecule has 170 valence electrons. The molecule has 0 aromatic heterocycles. The van der Waals surface area contributed by atoms with Crippen LogP contribution in [0.5, 0.6) is 11.5 Å². The predicted octanol–water partition coefficient (Wildman–Crippen LogP) is 5.69. The van der Waals surface area contributed by atoms with Crippen LogP contribution in [0.15, 0.2) is 54.6 Å². The summed E-state index contributed by atoms with van der Waals surface area (Å²) in [6, 6.07) is 20.1. The van der Waals surface area contributed by atoms with Crippen molar-refractivity contribution in [1.82, 2.24) is 9.80 Å². The Labute approximate surface area is 192 Å². The van der Waals surface area contributed by atoms with Gasteiger partial charge in [0.2, 0.25) is 0 Å². The molecule has 2 atom stereocenters. The Balaban J connectivity index is 1.55. The third kappa shape index (κ3) is 4.35. The van der Waals surface area contributed by atoms with Crippen molar-refractivity contribution >= 4 is 10.8 Å². The molecule has 0 saturated carbocycles. The molecular formula is C28H36N2O2. The second kappa shape index (κ2) is 9.93. The highest BCUT2D eigenvalue weighted by Crippen LogP contribution is 2.34. The maximum atomic E-state index is 5.55. The fourth-order valence-corrected chi connectivity index (χ4v) is 5.26. The van der Waals surface area contributed by atoms with Gasteiger partial charge >= 0.3 is 0 Å². The normalized spacial score (nSPS) is 16.4. The number of benzene rings is 3. The largest absolute Gasteiger partial charge is 0.493 e. The minimum absolute atomic E-state index is 0.330. The maximum absolute atomic E-state index is 5.55. The monoisotopic (exact) mass is 432 g/mol. The van der Waals surface area contributed by atoms with Gasteiger partial charge in [-0.15, -0.1) is 0 Å². The van der Waals surface area contributed by atoms with Gasteiger partial charge in [0.25, 0.3) is 0 Å². The number of methoxy groups -OCH3 is 2. The molecule has 0 amide bonds. The Morgan fingerprint density at radius 1 is 0.906 bits per heavy atom. The zero-order valence-corrected chi connectivity index (χ0v) is 20.1. The van der Waals surface area contributed by atoms with E-state index in [4.69, 9.17) is 9.47 Å². The van der Waals surface area contributed by atoms with Crippen LogP contribution in [0.3, 0.4) is 0 Å². The van der Waals surface area contributed by atoms with E-state index in [1.807, 2.05) is 0 Å². The molecule has 0 bridgehead atoms. The Bertz CT molecular complexity index is 1020. The predicted molar refractivity (Wildman–Crippen MR) is 133 cm³/mol. The molecule has 4 heteroatoms. The summed E-state index contributed by atoms with van der Waals surface area (Å²) in [6.45, 7) is 6.75. The SMILES string of the molecule is CCC(N1CCc2cc(OC)c(OC)cc2CC1)N(C)C(C)c1cccc2ccccc12. The van der Waals surface area contributed by atoms with Gasteiger partial charge in [-0.1, -0.05) is 49.4 Å². The number of fused-ring (bicyclic) bond motifs is 2. The summed E-state index contributed by atoms with van der Waals surface area (Å²) in [6.07, 6.45) is 3.54. The molecule has 3 aromatic rings. The Hall–Kier alpha value is -2.56. The van der Waals surface area contributed by atoms with Crippen molar-refractivity contribution < 1.29 is 9.47 Å². The first kappa shape index (κ1) is 22.6. The molecule has 0 saturated heterocycles. The molecule has 1 heterocycles. The number of rotatable bonds is 7. The summed E-state index contributed by atoms with van der Waals surface area (Å²) >= 11 is 0. The van der Waals surface area contributed by atoms with Crippen LogP contribution in [-0.4, -0.2) is 50.3 Å². The topological polar surface area (TPSA) is 24.9 Å². The summed E-state index contributed by atoms with van der Waals surface area (Å²) in [4.78, 5) is 5.21. The van der Waals surface area contributed by atoms with E-state index < -0.39 is 0 Å². The average Bonchev–Trinajstić information content (AvgIpc) is 3.04. The van der Waals surface area contributed by atoms with Crippen molar-refractivity contribution in [3.05, 3.63) is 71.3 Å². The summed E-state index contributed by atoms with van der Waals surface area (Å²) < 4.78 is 11.1. The third-order valence-corrected chi connectivity index (χ3v) is 7.18. The highest BCUT2D eigenvalue weighted by atomic mass is 16.5. The fraction of sp³-hybridized carbons (Fsp3) is 0.429. The molecule has 1 aliphatic rings. The first-order chi connectivity index (χ1) is 15.6. The van der Waals surface area contributed by atoms with Crippen LogP contribution in [0.4, 0.5) is 0 Å². The quantitative estimate of drug-likeness (QED) is 0.479. The van der Waals surface area contributed by atoms with Crippen LogP contribution >= 0.6 is 0 Å². The molecule has 32 heavy (non-hydrogen) atoms. The smallest absolute Gasteiger partial charge is 0.161 e. The van der Waals surface area contributed by atoms with Crippen LogP contribution < -0.4 is 9.47 Å². The van der Waals surface area contributed by atoms with E-state index in [0.717, 1.165) is 43.9 Å². The molecule has 2 unspecified atom stereocenters. The van der Waals surface area contributed by atoms with Gasteiger partial charge in [0, 0.05) is 19.1 Å². The van der Waals surface area contributed by atoms with Gasteiger partial charge in [-0.25, -0.2) is 0 Å². The molecule has 4 nitrogen and oxygen atoms in total. The van der Waals surface area contributed by atoms with Gasteiger partial charge in [0.1, 0.15) is 0 Å². The summed E-state index contributed by atoms with van der Waals surface area (Å²) in [5.41, 5.74) is 4.16. The van der Waals surface area contributed by atoms with Crippen molar-refractivity contribution in [2.24, 2.45) is 0 Å². The minimum Gasteiger partial charge on any atom is -0.493 e. The lowest BCUT2D eigenvalue weighted by Crippen LogP contribution is -2.48. The highest BCUT2D eigenvalue weighted by Gasteiger charge is 2.28. The number of nitrogens with zero attached hydrogens (tertiary/aromatic N) is 2. The molecule has 0 spiro atoms. The Morgan fingerprint density at radius 2 is 1.50 bits per heavy atom. The van der Waals surface area contributed by atoms with E-state index in [0.29, 0.717) is 12.2 Å². The summed E-state index contributed by atoms with van der Waals surface area (Å²) in [5, 5.41) is 2.66. The first-order valence-corrected chi connectivity index (χ1v) is 11.7. The number of hydrogen-bond acceptors (Lipinski definition) is 4. The van der Waals surface area contributed by atoms with Crippen molar-refractivity contribution in [1.29, 1.82) is 0 Å². The van der Waals surface area contributed by atoms with Crippen molar-refractivity contribution in [2.75, 3.05) is 34.4 Å². The Kier molecular flexibility index (Phi) is 7.02. The van der Waals surface area contributed by atoms with Gasteiger partial charge in [-0.2, -0.15) is 0 Å². The standard InChI is InChI=1S/C28H36N2O2/c1-6-28(29(3)20(2)24-13-9-11-21-10-7-8-12-25(21)24)30-16-14-22-18-26(31-4)27(32-5)19-23(22)15-17-30/h7-13,18-20,28H,6,14-17H2,1-5H3. The van der Waals surface area contributed by atoms with Crippen LogP contribution in [0.25, 0.3) is 10.8 Å². The van der Waals surface area contributed by atoms with Gasteiger partial charge < -0.3 is 9.47 Å². The second-order valence-electron chi connectivity index (χ2n) is 8.81. The minimum atomic E-state index is 0.330. The van der Waals surface area contributed by atoms with E-state index in [-0.39, 0.29) is 0 Å². The van der Waals surface area contributed by atoms with Crippen molar-refractivity contribution in [3.63, 3.8) is 0 Å². The van der Waals surface area contributed by atoms with E-state index in [1.54, 1.807) is 14.2 Å². The first-order valence-electron chi connectivity index (χ1n) is 11.7. The average molecular weight is 433 g/mol. The summed E-state index contributed by atoms with van der Waals surface area (Å²) in [7, 11) is 5.71. The van der Waals surface area contributed by atoms with E-state index >= 15 is 0 Å². The highest BCUT2D eigenvalue weighted by molar-refractivity contribution is 5.86. The molecule has 0 N–H and O–H groups in total. The lowest BCUT2D eigenvalue weighted by molar-refractivity contribution is 0.0356. The lowest BCUT2D eigenvalue weighted by atomic mass is 9.98. The van der Waals surface area contributed by atoms with Crippen LogP contribution in [-0.2, 0) is 12.8 Å². The molecule has 0 fully saturated rings. The number of hydrogen-bond donors (Lipinski definition) is 0. The molecular weight excluding hydrogens is 396 g/mol. The van der Waals surface area contributed by atoms with Gasteiger partial charge in [-0.3, -0.25) is 9.80 Å². The molecule has 0 radical (unpaired) electrons. The second-order valence-corrected chi connectivity index (χ2v) is 8.81. The van der Waals surface area contributed by atoms with Crippen LogP contribution in [0, 0.1) is 0 Å². The maximum Gasteiger partial charge on any atom is 0.161 e. The van der Waals surface area contributed by atoms with Gasteiger partial charge in [0.05, 0.1) is 20.4 Å². The number of ether oxygens (including phenoxy) is 2. The molecule has 1 aliphatic heterocycles. The van der Waals surface area contributed by atoms with Crippen molar-refractivity contribution in [2.45, 2.75) is 45.3 Å². The van der Waals surface area contributed by atoms with Crippen LogP contribution in [0.2, 0.25) is 0 Å².